The second kappa shape index (κ2) is 6.41. The number of hydrogen-bond donors (Lipinski definition) is 1. The summed E-state index contributed by atoms with van der Waals surface area (Å²) < 4.78 is 5.39. The fourth-order valence-corrected chi connectivity index (χ4v) is 3.16. The van der Waals surface area contributed by atoms with Gasteiger partial charge in [-0.25, -0.2) is 0 Å². The van der Waals surface area contributed by atoms with Crippen LogP contribution in [0.1, 0.15) is 29.8 Å². The molecule has 0 spiro atoms. The van der Waals surface area contributed by atoms with Gasteiger partial charge in [0.15, 0.2) is 0 Å². The number of nitrogens with zero attached hydrogens (tertiary/aromatic N) is 2. The summed E-state index contributed by atoms with van der Waals surface area (Å²) in [5.41, 5.74) is 0.707. The summed E-state index contributed by atoms with van der Waals surface area (Å²) in [6.07, 6.45) is 5.27. The Labute approximate surface area is 119 Å². The molecule has 5 nitrogen and oxygen atoms in total. The summed E-state index contributed by atoms with van der Waals surface area (Å²) in [5.74, 6) is 0.146. The molecule has 0 aliphatic carbocycles. The predicted octanol–water partition coefficient (Wildman–Crippen LogP) is 1.34. The first kappa shape index (κ1) is 13.6. The number of morpholine rings is 1. The van der Waals surface area contributed by atoms with Crippen LogP contribution in [0.4, 0.5) is 0 Å². The molecule has 2 fully saturated rings. The Morgan fingerprint density at radius 1 is 1.30 bits per heavy atom. The van der Waals surface area contributed by atoms with Crippen molar-refractivity contribution < 1.29 is 9.53 Å². The number of aromatic nitrogens is 1. The van der Waals surface area contributed by atoms with Crippen molar-refractivity contribution in [3.63, 3.8) is 0 Å². The molecule has 0 unspecified atom stereocenters. The van der Waals surface area contributed by atoms with E-state index < -0.39 is 0 Å². The molecule has 20 heavy (non-hydrogen) atoms. The summed E-state index contributed by atoms with van der Waals surface area (Å²) in [7, 11) is 0. The zero-order valence-electron chi connectivity index (χ0n) is 11.9. The van der Waals surface area contributed by atoms with E-state index in [-0.39, 0.29) is 5.91 Å². The van der Waals surface area contributed by atoms with Gasteiger partial charge in [-0.1, -0.05) is 0 Å². The van der Waals surface area contributed by atoms with Crippen molar-refractivity contribution >= 4 is 5.91 Å². The van der Waals surface area contributed by atoms with E-state index in [1.807, 2.05) is 18.3 Å². The van der Waals surface area contributed by atoms with E-state index in [1.54, 1.807) is 0 Å². The van der Waals surface area contributed by atoms with E-state index in [0.717, 1.165) is 52.2 Å². The lowest BCUT2D eigenvalue weighted by atomic mass is 10.0. The van der Waals surface area contributed by atoms with Gasteiger partial charge in [0.25, 0.3) is 5.91 Å². The molecule has 2 aliphatic heterocycles. The molecule has 1 aromatic heterocycles. The molecule has 1 atom stereocenters. The molecule has 0 radical (unpaired) electrons. The second-order valence-electron chi connectivity index (χ2n) is 5.64. The summed E-state index contributed by atoms with van der Waals surface area (Å²) >= 11 is 0. The normalized spacial score (nSPS) is 24.8. The number of likely N-dealkylation sites (tertiary alicyclic amines) is 1. The number of hydrogen-bond acceptors (Lipinski definition) is 3. The second-order valence-corrected chi connectivity index (χ2v) is 5.64. The Bertz CT molecular complexity index is 426. The predicted molar refractivity (Wildman–Crippen MR) is 76.7 cm³/mol. The smallest absolute Gasteiger partial charge is 0.270 e. The Hall–Kier alpha value is -1.33. The first-order valence-corrected chi connectivity index (χ1v) is 7.59. The zero-order valence-corrected chi connectivity index (χ0v) is 11.9. The average Bonchev–Trinajstić information content (AvgIpc) is 3.02. The zero-order chi connectivity index (χ0) is 13.8. The van der Waals surface area contributed by atoms with Crippen LogP contribution in [0.15, 0.2) is 18.3 Å². The van der Waals surface area contributed by atoms with Crippen LogP contribution in [0.25, 0.3) is 0 Å². The van der Waals surface area contributed by atoms with Gasteiger partial charge in [0.2, 0.25) is 0 Å². The van der Waals surface area contributed by atoms with Crippen LogP contribution >= 0.6 is 0 Å². The average molecular weight is 277 g/mol. The molecule has 3 heterocycles. The number of ether oxygens (including phenoxy) is 1. The molecule has 110 valence electrons. The van der Waals surface area contributed by atoms with Gasteiger partial charge in [-0.05, 0) is 31.4 Å². The maximum absolute atomic E-state index is 12.6. The van der Waals surface area contributed by atoms with Crippen molar-refractivity contribution in [2.24, 2.45) is 0 Å². The molecular formula is C15H23N3O2. The largest absolute Gasteiger partial charge is 0.379 e. The van der Waals surface area contributed by atoms with Gasteiger partial charge in [-0.3, -0.25) is 9.69 Å². The minimum absolute atomic E-state index is 0.146. The number of H-pyrrole nitrogens is 1. The van der Waals surface area contributed by atoms with Gasteiger partial charge in [0, 0.05) is 38.4 Å². The lowest BCUT2D eigenvalue weighted by molar-refractivity contribution is 0.0165. The van der Waals surface area contributed by atoms with E-state index in [0.29, 0.717) is 11.7 Å². The maximum Gasteiger partial charge on any atom is 0.270 e. The number of carbonyl (C=O) groups is 1. The van der Waals surface area contributed by atoms with E-state index in [1.165, 1.54) is 6.42 Å². The number of carbonyl (C=O) groups excluding carboxylic acids is 1. The molecule has 2 aliphatic rings. The van der Waals surface area contributed by atoms with Crippen LogP contribution < -0.4 is 0 Å². The van der Waals surface area contributed by atoms with Crippen LogP contribution in [0, 0.1) is 0 Å². The summed E-state index contributed by atoms with van der Waals surface area (Å²) in [6, 6.07) is 4.09. The van der Waals surface area contributed by atoms with Gasteiger partial charge in [0.05, 0.1) is 13.2 Å². The van der Waals surface area contributed by atoms with Crippen LogP contribution in [-0.2, 0) is 4.74 Å². The number of aromatic amines is 1. The van der Waals surface area contributed by atoms with Crippen LogP contribution in [-0.4, -0.2) is 66.1 Å². The minimum atomic E-state index is 0.146. The molecule has 5 heteroatoms. The van der Waals surface area contributed by atoms with E-state index in [2.05, 4.69) is 14.8 Å². The molecule has 0 bridgehead atoms. The Morgan fingerprint density at radius 2 is 2.15 bits per heavy atom. The van der Waals surface area contributed by atoms with Gasteiger partial charge in [-0.2, -0.15) is 0 Å². The summed E-state index contributed by atoms with van der Waals surface area (Å²) in [5, 5.41) is 0. The highest BCUT2D eigenvalue weighted by atomic mass is 16.5. The van der Waals surface area contributed by atoms with E-state index in [4.69, 9.17) is 4.74 Å². The van der Waals surface area contributed by atoms with E-state index >= 15 is 0 Å². The Balaban J connectivity index is 1.65. The lowest BCUT2D eigenvalue weighted by Crippen LogP contribution is -2.51. The molecule has 3 rings (SSSR count). The Morgan fingerprint density at radius 3 is 2.90 bits per heavy atom. The molecular weight excluding hydrogens is 254 g/mol. The molecule has 1 N–H and O–H groups in total. The number of amides is 1. The number of rotatable bonds is 3. The van der Waals surface area contributed by atoms with Gasteiger partial charge in [-0.15, -0.1) is 0 Å². The third kappa shape index (κ3) is 3.04. The summed E-state index contributed by atoms with van der Waals surface area (Å²) in [4.78, 5) is 20.1. The molecule has 1 aromatic rings. The Kier molecular flexibility index (Phi) is 4.38. The molecule has 2 saturated heterocycles. The van der Waals surface area contributed by atoms with E-state index in [9.17, 15) is 4.79 Å². The third-order valence-corrected chi connectivity index (χ3v) is 4.29. The van der Waals surface area contributed by atoms with Crippen molar-refractivity contribution in [3.05, 3.63) is 24.0 Å². The standard InChI is InChI=1S/C15H23N3O2/c19-15(14-5-3-6-16-14)18-7-2-1-4-13(18)12-17-8-10-20-11-9-17/h3,5-6,13,16H,1-2,4,7-12H2/t13-/m1/s1. The van der Waals surface area contributed by atoms with Gasteiger partial charge < -0.3 is 14.6 Å². The lowest BCUT2D eigenvalue weighted by Gasteiger charge is -2.39. The van der Waals surface area contributed by atoms with Crippen molar-refractivity contribution in [2.75, 3.05) is 39.4 Å². The number of nitrogens with one attached hydrogen (secondary N) is 1. The third-order valence-electron chi connectivity index (χ3n) is 4.29. The topological polar surface area (TPSA) is 48.6 Å². The molecule has 1 amide bonds. The quantitative estimate of drug-likeness (QED) is 0.907. The summed E-state index contributed by atoms with van der Waals surface area (Å²) in [6.45, 7) is 5.47. The maximum atomic E-state index is 12.6. The van der Waals surface area contributed by atoms with Crippen LogP contribution in [0.3, 0.4) is 0 Å². The van der Waals surface area contributed by atoms with Crippen molar-refractivity contribution in [1.82, 2.24) is 14.8 Å². The molecule has 0 aromatic carbocycles. The van der Waals surface area contributed by atoms with Gasteiger partial charge in [0.1, 0.15) is 5.69 Å². The van der Waals surface area contributed by atoms with Crippen LogP contribution in [0.2, 0.25) is 0 Å². The fourth-order valence-electron chi connectivity index (χ4n) is 3.16. The van der Waals surface area contributed by atoms with Crippen molar-refractivity contribution in [3.8, 4) is 0 Å². The molecule has 0 saturated carbocycles. The fraction of sp³-hybridized carbons (Fsp3) is 0.667. The minimum Gasteiger partial charge on any atom is -0.379 e. The highest BCUT2D eigenvalue weighted by Gasteiger charge is 2.29. The first-order chi connectivity index (χ1) is 9.84. The van der Waals surface area contributed by atoms with Crippen LogP contribution in [0.5, 0.6) is 0 Å². The SMILES string of the molecule is O=C(c1ccc[nH]1)N1CCCC[C@@H]1CN1CCOCC1. The number of piperidine rings is 1. The highest BCUT2D eigenvalue weighted by molar-refractivity contribution is 5.92. The first-order valence-electron chi connectivity index (χ1n) is 7.59. The van der Waals surface area contributed by atoms with Crippen molar-refractivity contribution in [1.29, 1.82) is 0 Å². The van der Waals surface area contributed by atoms with Gasteiger partial charge >= 0.3 is 0 Å². The van der Waals surface area contributed by atoms with Crippen molar-refractivity contribution in [2.45, 2.75) is 25.3 Å². The monoisotopic (exact) mass is 277 g/mol. The highest BCUT2D eigenvalue weighted by Crippen LogP contribution is 2.20.